The second-order valence-corrected chi connectivity index (χ2v) is 21.1. The van der Waals surface area contributed by atoms with E-state index in [-0.39, 0.29) is 52.8 Å². The van der Waals surface area contributed by atoms with Crippen molar-refractivity contribution in [3.05, 3.63) is 97.6 Å². The normalized spacial score (nSPS) is 16.8. The molecule has 2 aliphatic rings. The summed E-state index contributed by atoms with van der Waals surface area (Å²) in [4.78, 5) is 86.8. The van der Waals surface area contributed by atoms with Gasteiger partial charge in [-0.05, 0) is 144 Å². The maximum atomic E-state index is 13.2. The first-order valence-corrected chi connectivity index (χ1v) is 29.5. The van der Waals surface area contributed by atoms with Crippen LogP contribution < -0.4 is 28.4 Å². The molecule has 0 bridgehead atoms. The summed E-state index contributed by atoms with van der Waals surface area (Å²) < 4.78 is 44.5. The number of carbonyl (C=O) groups is 7. The fraction of sp³-hybridized carbons (Fsp3) is 0.554. The average Bonchev–Trinajstić information content (AvgIpc) is 3.48. The van der Waals surface area contributed by atoms with Crippen molar-refractivity contribution in [1.29, 1.82) is 0 Å². The van der Waals surface area contributed by atoms with Gasteiger partial charge in [-0.2, -0.15) is 0 Å². The van der Waals surface area contributed by atoms with Gasteiger partial charge in [-0.15, -0.1) is 0 Å². The zero-order valence-corrected chi connectivity index (χ0v) is 47.1. The summed E-state index contributed by atoms with van der Waals surface area (Å²) in [5.41, 5.74) is 0.0572. The molecule has 3 aromatic carbocycles. The molecule has 0 spiro atoms. The first-order chi connectivity index (χ1) is 39.0. The van der Waals surface area contributed by atoms with E-state index in [2.05, 4.69) is 13.2 Å². The van der Waals surface area contributed by atoms with Crippen LogP contribution in [0.2, 0.25) is 0 Å². The molecule has 0 amide bonds. The smallest absolute Gasteiger partial charge is 0.330 e. The predicted octanol–water partition coefficient (Wildman–Crippen LogP) is 14.2. The highest BCUT2D eigenvalue weighted by Gasteiger charge is 2.34. The van der Waals surface area contributed by atoms with Gasteiger partial charge in [0.1, 0.15) is 34.5 Å². The largest absolute Gasteiger partial charge is 0.494 e. The lowest BCUT2D eigenvalue weighted by molar-refractivity contribution is -0.145. The van der Waals surface area contributed by atoms with Crippen LogP contribution in [0.25, 0.3) is 0 Å². The molecular weight excluding hydrogens is 1020 g/mol. The third-order valence-electron chi connectivity index (χ3n) is 14.8. The minimum atomic E-state index is -0.501. The van der Waals surface area contributed by atoms with E-state index in [4.69, 9.17) is 37.9 Å². The summed E-state index contributed by atoms with van der Waals surface area (Å²) >= 11 is 0. The van der Waals surface area contributed by atoms with Crippen LogP contribution in [-0.4, -0.2) is 68.5 Å². The van der Waals surface area contributed by atoms with E-state index in [0.717, 1.165) is 64.2 Å². The lowest BCUT2D eigenvalue weighted by Gasteiger charge is -2.26. The maximum absolute atomic E-state index is 13.2. The third kappa shape index (κ3) is 25.1. The average molecular weight is 1110 g/mol. The van der Waals surface area contributed by atoms with E-state index in [1.54, 1.807) is 48.5 Å². The highest BCUT2D eigenvalue weighted by Crippen LogP contribution is 2.35. The number of ether oxygens (including phenoxy) is 8. The summed E-state index contributed by atoms with van der Waals surface area (Å²) in [6.45, 7) is 8.96. The van der Waals surface area contributed by atoms with Crippen molar-refractivity contribution in [3.63, 3.8) is 0 Å². The Morgan fingerprint density at radius 3 is 0.963 bits per heavy atom. The predicted molar refractivity (Wildman–Crippen MR) is 304 cm³/mol. The standard InChI is InChI=1S/C65H86O15/c1-3-60(67)75-45-23-19-15-11-7-5-9-13-17-21-43-73-54-33-37-56(38-34-54)77-62(69)49-25-27-51(28-26-49)64(71)79-58-41-42-59(53(47-58)48-66)80-65(72)52-31-29-50(30-32-52)63(70)78-57-39-35-55(36-40-57)74-44-22-18-14-10-6-8-12-16-20-24-46-76-61(68)4-2/h3-4,33-42,47-52H,1-2,5-32,43-46H2/t49-,50-,51-,52-. The number of benzene rings is 3. The number of hydrogen-bond donors (Lipinski definition) is 0. The van der Waals surface area contributed by atoms with Crippen molar-refractivity contribution >= 4 is 42.1 Å². The zero-order chi connectivity index (χ0) is 57.0. The van der Waals surface area contributed by atoms with Gasteiger partial charge < -0.3 is 37.9 Å². The Morgan fingerprint density at radius 2 is 0.637 bits per heavy atom. The highest BCUT2D eigenvalue weighted by atomic mass is 16.6. The fourth-order valence-electron chi connectivity index (χ4n) is 9.98. The van der Waals surface area contributed by atoms with Crippen molar-refractivity contribution < 1.29 is 71.5 Å². The van der Waals surface area contributed by atoms with Gasteiger partial charge in [-0.3, -0.25) is 24.0 Å². The topological polar surface area (TPSA) is 193 Å². The van der Waals surface area contributed by atoms with Gasteiger partial charge in [0.15, 0.2) is 6.29 Å². The molecule has 3 aromatic rings. The van der Waals surface area contributed by atoms with Gasteiger partial charge in [0.25, 0.3) is 0 Å². The molecule has 0 aromatic heterocycles. The second-order valence-electron chi connectivity index (χ2n) is 21.1. The summed E-state index contributed by atoms with van der Waals surface area (Å²) in [5.74, 6) is -1.51. The minimum absolute atomic E-state index is 0.0538. The Labute approximate surface area is 473 Å². The molecule has 15 nitrogen and oxygen atoms in total. The van der Waals surface area contributed by atoms with Crippen LogP contribution in [0, 0.1) is 23.7 Å². The van der Waals surface area contributed by atoms with Gasteiger partial charge in [0.2, 0.25) is 0 Å². The Balaban J connectivity index is 0.882. The summed E-state index contributed by atoms with van der Waals surface area (Å²) in [6, 6.07) is 18.4. The monoisotopic (exact) mass is 1110 g/mol. The Kier molecular flexibility index (Phi) is 30.4. The number of hydrogen-bond acceptors (Lipinski definition) is 15. The van der Waals surface area contributed by atoms with Crippen LogP contribution in [0.15, 0.2) is 92.0 Å². The van der Waals surface area contributed by atoms with Gasteiger partial charge >= 0.3 is 35.8 Å². The first kappa shape index (κ1) is 64.1. The van der Waals surface area contributed by atoms with E-state index >= 15 is 0 Å². The van der Waals surface area contributed by atoms with E-state index in [1.807, 2.05) is 0 Å². The minimum Gasteiger partial charge on any atom is -0.494 e. The molecule has 2 saturated carbocycles. The molecule has 80 heavy (non-hydrogen) atoms. The van der Waals surface area contributed by atoms with E-state index in [9.17, 15) is 33.6 Å². The molecule has 0 heterocycles. The Bertz CT molecular complexity index is 2360. The number of carbonyl (C=O) groups excluding carboxylic acids is 7. The SMILES string of the molecule is C=CC(=O)OCCCCCCCCCCCCOc1ccc(OC(=O)[C@H]2CC[C@H](C(=O)Oc3ccc(OC(=O)[C@H]4CC[C@H](C(=O)Oc5ccc(OCCCCCCCCCCCCOC(=O)C=C)cc5)CC4)c(C=O)c3)CC2)cc1. The van der Waals surface area contributed by atoms with Crippen molar-refractivity contribution in [3.8, 4) is 34.5 Å². The molecule has 5 rings (SSSR count). The van der Waals surface area contributed by atoms with Crippen LogP contribution in [0.4, 0.5) is 0 Å². The summed E-state index contributed by atoms with van der Waals surface area (Å²) in [5, 5.41) is 0. The van der Waals surface area contributed by atoms with Crippen molar-refractivity contribution in [1.82, 2.24) is 0 Å². The van der Waals surface area contributed by atoms with E-state index in [1.165, 1.54) is 94.6 Å². The van der Waals surface area contributed by atoms with Crippen molar-refractivity contribution in [2.24, 2.45) is 23.7 Å². The van der Waals surface area contributed by atoms with Crippen LogP contribution in [0.3, 0.4) is 0 Å². The summed E-state index contributed by atoms with van der Waals surface area (Å²) in [7, 11) is 0. The molecule has 0 N–H and O–H groups in total. The van der Waals surface area contributed by atoms with Crippen molar-refractivity contribution in [2.45, 2.75) is 180 Å². The summed E-state index contributed by atoms with van der Waals surface area (Å²) in [6.07, 6.45) is 28.9. The Hall–Kier alpha value is -6.77. The number of aldehydes is 1. The molecule has 0 unspecified atom stereocenters. The maximum Gasteiger partial charge on any atom is 0.330 e. The first-order valence-electron chi connectivity index (χ1n) is 29.5. The molecule has 15 heteroatoms. The molecule has 2 fully saturated rings. The molecule has 0 atom stereocenters. The highest BCUT2D eigenvalue weighted by molar-refractivity contribution is 5.85. The second kappa shape index (κ2) is 38.0. The fourth-order valence-corrected chi connectivity index (χ4v) is 9.98. The van der Waals surface area contributed by atoms with Crippen LogP contribution in [0.1, 0.15) is 190 Å². The van der Waals surface area contributed by atoms with Crippen molar-refractivity contribution in [2.75, 3.05) is 26.4 Å². The third-order valence-corrected chi connectivity index (χ3v) is 14.8. The van der Waals surface area contributed by atoms with Gasteiger partial charge in [-0.1, -0.05) is 116 Å². The van der Waals surface area contributed by atoms with Gasteiger partial charge in [0, 0.05) is 12.2 Å². The quantitative estimate of drug-likeness (QED) is 0.0172. The molecule has 0 saturated heterocycles. The van der Waals surface area contributed by atoms with E-state index in [0.29, 0.717) is 107 Å². The lowest BCUT2D eigenvalue weighted by atomic mass is 9.82. The van der Waals surface area contributed by atoms with Gasteiger partial charge in [0.05, 0.1) is 55.7 Å². The number of unbranched alkanes of at least 4 members (excludes halogenated alkanes) is 18. The molecule has 0 aliphatic heterocycles. The number of esters is 6. The molecule has 436 valence electrons. The van der Waals surface area contributed by atoms with Crippen LogP contribution in [-0.2, 0) is 38.2 Å². The lowest BCUT2D eigenvalue weighted by Crippen LogP contribution is -2.30. The zero-order valence-electron chi connectivity index (χ0n) is 47.1. The number of rotatable bonds is 39. The molecule has 2 aliphatic carbocycles. The van der Waals surface area contributed by atoms with Gasteiger partial charge in [-0.25, -0.2) is 9.59 Å². The molecule has 0 radical (unpaired) electrons. The van der Waals surface area contributed by atoms with E-state index < -0.39 is 23.8 Å². The Morgan fingerprint density at radius 1 is 0.362 bits per heavy atom. The van der Waals surface area contributed by atoms with Crippen LogP contribution in [0.5, 0.6) is 34.5 Å². The van der Waals surface area contributed by atoms with Crippen LogP contribution >= 0.6 is 0 Å². The molecular formula is C65H86O15.